The third-order valence-electron chi connectivity index (χ3n) is 6.90. The molecule has 0 saturated carbocycles. The van der Waals surface area contributed by atoms with Crippen LogP contribution in [0.4, 0.5) is 5.82 Å². The molecule has 2 aliphatic heterocycles. The number of anilines is 1. The van der Waals surface area contributed by atoms with E-state index in [2.05, 4.69) is 35.8 Å². The number of hydrogen-bond acceptors (Lipinski definition) is 12. The van der Waals surface area contributed by atoms with E-state index in [-0.39, 0.29) is 12.0 Å². The molecule has 5 heterocycles. The molecule has 4 aromatic rings. The van der Waals surface area contributed by atoms with Gasteiger partial charge in [-0.15, -0.1) is 5.10 Å². The first kappa shape index (κ1) is 25.1. The minimum absolute atomic E-state index is 0.155. The molecule has 0 unspecified atom stereocenters. The fraction of sp³-hybridized carbons (Fsp3) is 0.417. The van der Waals surface area contributed by atoms with Crippen LogP contribution in [0.25, 0.3) is 28.4 Å². The lowest BCUT2D eigenvalue weighted by atomic mass is 10.1. The first-order valence-electron chi connectivity index (χ1n) is 12.4. The lowest BCUT2D eigenvalue weighted by Crippen LogP contribution is -2.52. The Hall–Kier alpha value is -4.18. The van der Waals surface area contributed by atoms with Crippen LogP contribution in [0.3, 0.4) is 0 Å². The number of methoxy groups -OCH3 is 1. The first-order valence-corrected chi connectivity index (χ1v) is 12.4. The number of aromatic nitrogens is 7. The molecule has 2 saturated heterocycles. The van der Waals surface area contributed by atoms with Gasteiger partial charge in [-0.25, -0.2) is 4.98 Å². The lowest BCUT2D eigenvalue weighted by molar-refractivity contribution is -0.137. The number of rotatable bonds is 7. The van der Waals surface area contributed by atoms with Crippen LogP contribution in [0.15, 0.2) is 36.8 Å². The smallest absolute Gasteiger partial charge is 0.256 e. The summed E-state index contributed by atoms with van der Waals surface area (Å²) in [7, 11) is 5.05. The number of likely N-dealkylation sites (N-methyl/N-ethyl adjacent to an activating group) is 2. The maximum absolute atomic E-state index is 12.2. The summed E-state index contributed by atoms with van der Waals surface area (Å²) in [6, 6.07) is 7.60. The van der Waals surface area contributed by atoms with E-state index in [1.165, 1.54) is 22.6 Å². The molecule has 204 valence electrons. The minimum Gasteiger partial charge on any atom is -0.497 e. The summed E-state index contributed by atoms with van der Waals surface area (Å²) in [4.78, 5) is 28.2. The molecular weight excluding hydrogens is 508 g/mol. The quantitative estimate of drug-likeness (QED) is 0.231. The highest BCUT2D eigenvalue weighted by Crippen LogP contribution is 2.33. The average molecular weight is 537 g/mol. The van der Waals surface area contributed by atoms with Gasteiger partial charge in [0.15, 0.2) is 29.3 Å². The van der Waals surface area contributed by atoms with Gasteiger partial charge >= 0.3 is 0 Å². The SMILES string of the molecule is CNC(=O)[C@H]1O[C@@H](n2cnc3c(NC4CN(C)C4)nc(-n4cc(-c5cccc(OC)c5)nn4)nc32)[C@H](O)[C@@H]1O. The second kappa shape index (κ2) is 9.85. The van der Waals surface area contributed by atoms with Crippen LogP contribution in [0, 0.1) is 0 Å². The van der Waals surface area contributed by atoms with E-state index < -0.39 is 30.4 Å². The fourth-order valence-electron chi connectivity index (χ4n) is 4.80. The summed E-state index contributed by atoms with van der Waals surface area (Å²) in [5, 5.41) is 35.6. The second-order valence-electron chi connectivity index (χ2n) is 9.58. The van der Waals surface area contributed by atoms with Gasteiger partial charge < -0.3 is 35.2 Å². The highest BCUT2D eigenvalue weighted by Gasteiger charge is 2.47. The molecule has 3 aromatic heterocycles. The summed E-state index contributed by atoms with van der Waals surface area (Å²) in [5.74, 6) is 0.819. The number of carbonyl (C=O) groups excluding carboxylic acids is 1. The number of hydrogen-bond donors (Lipinski definition) is 4. The van der Waals surface area contributed by atoms with Gasteiger partial charge in [0.1, 0.15) is 23.7 Å². The van der Waals surface area contributed by atoms with Gasteiger partial charge in [0.05, 0.1) is 25.7 Å². The van der Waals surface area contributed by atoms with Gasteiger partial charge in [0.2, 0.25) is 0 Å². The number of imidazole rings is 1. The van der Waals surface area contributed by atoms with Crippen molar-refractivity contribution in [1.82, 2.24) is 44.7 Å². The third kappa shape index (κ3) is 4.44. The Morgan fingerprint density at radius 2 is 2.03 bits per heavy atom. The number of amides is 1. The second-order valence-corrected chi connectivity index (χ2v) is 9.58. The van der Waals surface area contributed by atoms with E-state index in [1.54, 1.807) is 13.3 Å². The average Bonchev–Trinajstić information content (AvgIpc) is 3.66. The van der Waals surface area contributed by atoms with Crippen molar-refractivity contribution in [3.63, 3.8) is 0 Å². The zero-order chi connectivity index (χ0) is 27.3. The van der Waals surface area contributed by atoms with Crippen molar-refractivity contribution in [3.05, 3.63) is 36.8 Å². The predicted molar refractivity (Wildman–Crippen MR) is 137 cm³/mol. The van der Waals surface area contributed by atoms with Crippen molar-refractivity contribution < 1.29 is 24.5 Å². The Kier molecular flexibility index (Phi) is 6.34. The number of nitrogens with zero attached hydrogens (tertiary/aromatic N) is 8. The van der Waals surface area contributed by atoms with Crippen molar-refractivity contribution in [2.45, 2.75) is 30.6 Å². The molecule has 2 fully saturated rings. The Morgan fingerprint density at radius 3 is 2.77 bits per heavy atom. The van der Waals surface area contributed by atoms with E-state index in [9.17, 15) is 15.0 Å². The van der Waals surface area contributed by atoms with Crippen molar-refractivity contribution >= 4 is 22.9 Å². The first-order chi connectivity index (χ1) is 18.9. The maximum Gasteiger partial charge on any atom is 0.256 e. The molecule has 0 aliphatic carbocycles. The molecule has 39 heavy (non-hydrogen) atoms. The lowest BCUT2D eigenvalue weighted by Gasteiger charge is -2.36. The third-order valence-corrected chi connectivity index (χ3v) is 6.90. The number of likely N-dealkylation sites (tertiary alicyclic amines) is 1. The predicted octanol–water partition coefficient (Wildman–Crippen LogP) is -0.826. The molecule has 4 atom stereocenters. The molecule has 6 rings (SSSR count). The van der Waals surface area contributed by atoms with Gasteiger partial charge in [-0.05, 0) is 19.2 Å². The van der Waals surface area contributed by atoms with Crippen LogP contribution < -0.4 is 15.4 Å². The van der Waals surface area contributed by atoms with E-state index >= 15 is 0 Å². The van der Waals surface area contributed by atoms with E-state index in [4.69, 9.17) is 14.5 Å². The molecular formula is C24H28N10O5. The van der Waals surface area contributed by atoms with Crippen LogP contribution in [-0.4, -0.2) is 114 Å². The summed E-state index contributed by atoms with van der Waals surface area (Å²) in [6.07, 6.45) is -2.05. The molecule has 0 bridgehead atoms. The largest absolute Gasteiger partial charge is 0.497 e. The van der Waals surface area contributed by atoms with Gasteiger partial charge in [0.25, 0.3) is 11.9 Å². The Morgan fingerprint density at radius 1 is 1.21 bits per heavy atom. The topological polar surface area (TPSA) is 178 Å². The van der Waals surface area contributed by atoms with E-state index in [0.717, 1.165) is 18.7 Å². The maximum atomic E-state index is 12.2. The molecule has 0 spiro atoms. The van der Waals surface area contributed by atoms with Gasteiger partial charge in [-0.2, -0.15) is 14.6 Å². The van der Waals surface area contributed by atoms with Gasteiger partial charge in [-0.1, -0.05) is 17.3 Å². The van der Waals surface area contributed by atoms with Crippen LogP contribution >= 0.6 is 0 Å². The number of ether oxygens (including phenoxy) is 2. The summed E-state index contributed by atoms with van der Waals surface area (Å²) in [6.45, 7) is 1.66. The summed E-state index contributed by atoms with van der Waals surface area (Å²) >= 11 is 0. The highest BCUT2D eigenvalue weighted by molar-refractivity contribution is 5.84. The van der Waals surface area contributed by atoms with Crippen LogP contribution in [0.2, 0.25) is 0 Å². The van der Waals surface area contributed by atoms with Crippen molar-refractivity contribution in [2.24, 2.45) is 0 Å². The Labute approximate surface area is 222 Å². The van der Waals surface area contributed by atoms with Gasteiger partial charge in [-0.3, -0.25) is 9.36 Å². The molecule has 15 heteroatoms. The minimum atomic E-state index is -1.43. The molecule has 15 nitrogen and oxygen atoms in total. The number of fused-ring (bicyclic) bond motifs is 1. The van der Waals surface area contributed by atoms with E-state index in [0.29, 0.717) is 28.4 Å². The van der Waals surface area contributed by atoms with Crippen molar-refractivity contribution in [3.8, 4) is 23.0 Å². The Balaban J connectivity index is 1.41. The molecule has 2 aliphatic rings. The number of benzene rings is 1. The molecule has 4 N–H and O–H groups in total. The number of aliphatic hydroxyl groups excluding tert-OH is 2. The van der Waals surface area contributed by atoms with Crippen molar-refractivity contribution in [2.75, 3.05) is 39.6 Å². The number of carbonyl (C=O) groups is 1. The van der Waals surface area contributed by atoms with Crippen LogP contribution in [0.1, 0.15) is 6.23 Å². The Bertz CT molecular complexity index is 1520. The summed E-state index contributed by atoms with van der Waals surface area (Å²) in [5.41, 5.74) is 2.16. The monoisotopic (exact) mass is 536 g/mol. The number of nitrogens with one attached hydrogen (secondary N) is 2. The zero-order valence-electron chi connectivity index (χ0n) is 21.5. The van der Waals surface area contributed by atoms with Crippen molar-refractivity contribution in [1.29, 1.82) is 0 Å². The molecule has 1 aromatic carbocycles. The standard InChI is InChI=1S/C24H28N10O5/c1-25-22(37)19-17(35)18(36)23(39-19)33-11-26-16-20(27-13-8-32(2)9-13)28-24(29-21(16)33)34-10-15(30-31-34)12-5-4-6-14(7-12)38-3/h4-7,10-11,13,17-19,23,35-36H,8-9H2,1-3H3,(H,25,37)(H,27,28,29)/t17-,18+,19-,23+/m0/s1. The summed E-state index contributed by atoms with van der Waals surface area (Å²) < 4.78 is 14.0. The normalized spacial score (nSPS) is 23.6. The fourth-order valence-corrected chi connectivity index (χ4v) is 4.80. The molecule has 1 amide bonds. The van der Waals surface area contributed by atoms with E-state index in [1.807, 2.05) is 31.3 Å². The highest BCUT2D eigenvalue weighted by atomic mass is 16.6. The van der Waals surface area contributed by atoms with Crippen LogP contribution in [0.5, 0.6) is 5.75 Å². The van der Waals surface area contributed by atoms with Crippen LogP contribution in [-0.2, 0) is 9.53 Å². The zero-order valence-corrected chi connectivity index (χ0v) is 21.5. The number of aliphatic hydroxyl groups is 2. The molecule has 0 radical (unpaired) electrons. The van der Waals surface area contributed by atoms with Gasteiger partial charge in [0, 0.05) is 25.7 Å².